The first-order chi connectivity index (χ1) is 17.3. The number of likely N-dealkylation sites (tertiary alicyclic amines) is 1. The van der Waals surface area contributed by atoms with E-state index >= 15 is 0 Å². The fraction of sp³-hybridized carbons (Fsp3) is 0.333. The predicted molar refractivity (Wildman–Crippen MR) is 126 cm³/mol. The normalized spacial score (nSPS) is 21.4. The topological polar surface area (TPSA) is 127 Å². The molecule has 3 unspecified atom stereocenters. The fourth-order valence-electron chi connectivity index (χ4n) is 5.22. The summed E-state index contributed by atoms with van der Waals surface area (Å²) in [6.45, 7) is 0.834. The molecular formula is C27H24N2O7. The van der Waals surface area contributed by atoms with Crippen molar-refractivity contribution in [3.8, 4) is 0 Å². The summed E-state index contributed by atoms with van der Waals surface area (Å²) >= 11 is 0. The number of esters is 1. The van der Waals surface area contributed by atoms with Gasteiger partial charge in [0.15, 0.2) is 17.7 Å². The van der Waals surface area contributed by atoms with E-state index in [2.05, 4.69) is 5.32 Å². The van der Waals surface area contributed by atoms with Crippen LogP contribution in [0.1, 0.15) is 64.4 Å². The number of imide groups is 1. The minimum Gasteiger partial charge on any atom is -0.451 e. The molecule has 3 atom stereocenters. The van der Waals surface area contributed by atoms with Crippen LogP contribution in [0.4, 0.5) is 5.69 Å². The van der Waals surface area contributed by atoms with Gasteiger partial charge in [0.1, 0.15) is 6.54 Å². The second-order valence-corrected chi connectivity index (χ2v) is 9.35. The van der Waals surface area contributed by atoms with Crippen molar-refractivity contribution in [2.24, 2.45) is 11.8 Å². The van der Waals surface area contributed by atoms with Gasteiger partial charge < -0.3 is 10.1 Å². The molecule has 1 N–H and O–H groups in total. The van der Waals surface area contributed by atoms with Crippen LogP contribution in [0, 0.1) is 11.8 Å². The zero-order valence-corrected chi connectivity index (χ0v) is 19.6. The van der Waals surface area contributed by atoms with E-state index in [0.29, 0.717) is 24.0 Å². The molecule has 0 aromatic heterocycles. The van der Waals surface area contributed by atoms with Crippen LogP contribution in [-0.2, 0) is 23.9 Å². The number of carbonyl (C=O) groups is 6. The van der Waals surface area contributed by atoms with Gasteiger partial charge in [-0.25, -0.2) is 0 Å². The minimum atomic E-state index is -1.22. The van der Waals surface area contributed by atoms with Crippen LogP contribution >= 0.6 is 0 Å². The monoisotopic (exact) mass is 488 g/mol. The summed E-state index contributed by atoms with van der Waals surface area (Å²) in [4.78, 5) is 76.7. The number of ether oxygens (including phenoxy) is 1. The van der Waals surface area contributed by atoms with Crippen molar-refractivity contribution in [3.63, 3.8) is 0 Å². The highest BCUT2D eigenvalue weighted by molar-refractivity contribution is 6.28. The maximum atomic E-state index is 12.9. The van der Waals surface area contributed by atoms with Gasteiger partial charge >= 0.3 is 5.97 Å². The summed E-state index contributed by atoms with van der Waals surface area (Å²) in [5, 5.41) is 2.58. The average molecular weight is 488 g/mol. The van der Waals surface area contributed by atoms with E-state index in [1.54, 1.807) is 24.3 Å². The Bertz CT molecular complexity index is 1310. The van der Waals surface area contributed by atoms with Gasteiger partial charge in [-0.05, 0) is 38.0 Å². The molecule has 5 rings (SSSR count). The predicted octanol–water partition coefficient (Wildman–Crippen LogP) is 2.51. The lowest BCUT2D eigenvalue weighted by molar-refractivity contribution is -0.158. The largest absolute Gasteiger partial charge is 0.451 e. The van der Waals surface area contributed by atoms with Gasteiger partial charge in [-0.1, -0.05) is 37.1 Å². The highest BCUT2D eigenvalue weighted by Crippen LogP contribution is 2.38. The molecule has 1 saturated carbocycles. The average Bonchev–Trinajstić information content (AvgIpc) is 3.12. The molecule has 184 valence electrons. The van der Waals surface area contributed by atoms with Gasteiger partial charge in [-0.3, -0.25) is 33.7 Å². The Morgan fingerprint density at radius 1 is 0.889 bits per heavy atom. The van der Waals surface area contributed by atoms with E-state index in [-0.39, 0.29) is 52.0 Å². The Hall–Kier alpha value is -4.14. The number of carbonyl (C=O) groups excluding carboxylic acids is 6. The Morgan fingerprint density at radius 3 is 2.06 bits per heavy atom. The fourth-order valence-corrected chi connectivity index (χ4v) is 5.22. The number of amides is 3. The molecular weight excluding hydrogens is 464 g/mol. The minimum absolute atomic E-state index is 0.175. The van der Waals surface area contributed by atoms with E-state index in [0.717, 1.165) is 17.7 Å². The number of fused-ring (bicyclic) bond motifs is 3. The highest BCUT2D eigenvalue weighted by Gasteiger charge is 2.48. The molecule has 36 heavy (non-hydrogen) atoms. The third-order valence-electron chi connectivity index (χ3n) is 7.09. The molecule has 2 aromatic rings. The molecule has 1 heterocycles. The SMILES string of the molecule is CC(OC(=O)CN1C(=O)C2CCCCC2C1=O)C(=O)Nc1ccc2c(c1)C(=O)c1ccccc1C2=O. The van der Waals surface area contributed by atoms with Crippen molar-refractivity contribution in [2.45, 2.75) is 38.7 Å². The summed E-state index contributed by atoms with van der Waals surface area (Å²) in [6, 6.07) is 10.9. The van der Waals surface area contributed by atoms with E-state index in [9.17, 15) is 28.8 Å². The van der Waals surface area contributed by atoms with Crippen molar-refractivity contribution >= 4 is 40.9 Å². The first kappa shape index (κ1) is 23.6. The zero-order chi connectivity index (χ0) is 25.6. The molecule has 3 aliphatic rings. The number of ketones is 2. The third-order valence-corrected chi connectivity index (χ3v) is 7.09. The summed E-state index contributed by atoms with van der Waals surface area (Å²) in [6.07, 6.45) is 1.82. The third kappa shape index (κ3) is 4.00. The summed E-state index contributed by atoms with van der Waals surface area (Å²) in [5.74, 6) is -3.56. The Labute approximate surface area is 206 Å². The van der Waals surface area contributed by atoms with Gasteiger partial charge in [0.25, 0.3) is 5.91 Å². The Morgan fingerprint density at radius 2 is 1.44 bits per heavy atom. The molecule has 0 spiro atoms. The Kier molecular flexibility index (Phi) is 5.99. The van der Waals surface area contributed by atoms with Crippen LogP contribution in [0.2, 0.25) is 0 Å². The van der Waals surface area contributed by atoms with Gasteiger partial charge in [-0.2, -0.15) is 0 Å². The molecule has 3 amide bonds. The molecule has 9 heteroatoms. The van der Waals surface area contributed by atoms with Crippen molar-refractivity contribution < 1.29 is 33.5 Å². The molecule has 2 aliphatic carbocycles. The van der Waals surface area contributed by atoms with Crippen LogP contribution in [0.15, 0.2) is 42.5 Å². The first-order valence-electron chi connectivity index (χ1n) is 11.9. The number of nitrogens with zero attached hydrogens (tertiary/aromatic N) is 1. The molecule has 0 bridgehead atoms. The quantitative estimate of drug-likeness (QED) is 0.432. The highest BCUT2D eigenvalue weighted by atomic mass is 16.5. The number of rotatable bonds is 5. The number of hydrogen-bond donors (Lipinski definition) is 1. The van der Waals surface area contributed by atoms with Gasteiger partial charge in [0, 0.05) is 27.9 Å². The van der Waals surface area contributed by atoms with Crippen LogP contribution in [-0.4, -0.2) is 52.8 Å². The standard InChI is InChI=1S/C27H24N2O7/c1-14(36-22(30)13-29-26(34)19-8-4-5-9-20(19)27(29)35)25(33)28-15-10-11-18-21(12-15)24(32)17-7-3-2-6-16(17)23(18)31/h2-3,6-7,10-12,14,19-20H,4-5,8-9,13H2,1H3,(H,28,33). The van der Waals surface area contributed by atoms with Crippen molar-refractivity contribution in [2.75, 3.05) is 11.9 Å². The van der Waals surface area contributed by atoms with E-state index in [1.165, 1.54) is 25.1 Å². The Balaban J connectivity index is 1.22. The van der Waals surface area contributed by atoms with Crippen molar-refractivity contribution in [1.82, 2.24) is 4.90 Å². The second kappa shape index (κ2) is 9.14. The molecule has 1 aliphatic heterocycles. The molecule has 9 nitrogen and oxygen atoms in total. The zero-order valence-electron chi connectivity index (χ0n) is 19.6. The van der Waals surface area contributed by atoms with Crippen molar-refractivity contribution in [3.05, 3.63) is 64.7 Å². The van der Waals surface area contributed by atoms with Crippen LogP contribution in [0.3, 0.4) is 0 Å². The number of benzene rings is 2. The number of hydrogen-bond acceptors (Lipinski definition) is 7. The van der Waals surface area contributed by atoms with E-state index in [1.807, 2.05) is 0 Å². The van der Waals surface area contributed by atoms with Gasteiger partial charge in [0.05, 0.1) is 11.8 Å². The van der Waals surface area contributed by atoms with Crippen LogP contribution in [0.5, 0.6) is 0 Å². The summed E-state index contributed by atoms with van der Waals surface area (Å²) in [7, 11) is 0. The smallest absolute Gasteiger partial charge is 0.326 e. The maximum Gasteiger partial charge on any atom is 0.326 e. The lowest BCUT2D eigenvalue weighted by Crippen LogP contribution is -2.39. The molecule has 0 radical (unpaired) electrons. The summed E-state index contributed by atoms with van der Waals surface area (Å²) in [5.41, 5.74) is 1.31. The van der Waals surface area contributed by atoms with Crippen molar-refractivity contribution in [1.29, 1.82) is 0 Å². The number of nitrogens with one attached hydrogen (secondary N) is 1. The lowest BCUT2D eigenvalue weighted by Gasteiger charge is -2.19. The number of anilines is 1. The molecule has 2 fully saturated rings. The van der Waals surface area contributed by atoms with Crippen LogP contribution < -0.4 is 5.32 Å². The van der Waals surface area contributed by atoms with Gasteiger partial charge in [0.2, 0.25) is 11.8 Å². The van der Waals surface area contributed by atoms with E-state index in [4.69, 9.17) is 4.74 Å². The maximum absolute atomic E-state index is 12.9. The molecule has 1 saturated heterocycles. The molecule has 2 aromatic carbocycles. The lowest BCUT2D eigenvalue weighted by atomic mass is 9.81. The van der Waals surface area contributed by atoms with E-state index < -0.39 is 24.5 Å². The second-order valence-electron chi connectivity index (χ2n) is 9.35. The van der Waals surface area contributed by atoms with Gasteiger partial charge in [-0.15, -0.1) is 0 Å². The first-order valence-corrected chi connectivity index (χ1v) is 11.9. The van der Waals surface area contributed by atoms with Crippen LogP contribution in [0.25, 0.3) is 0 Å². The summed E-state index contributed by atoms with van der Waals surface area (Å²) < 4.78 is 5.18.